The molecule has 19 heavy (non-hydrogen) atoms. The van der Waals surface area contributed by atoms with Crippen LogP contribution in [0.4, 0.5) is 5.69 Å². The molecule has 2 N–H and O–H groups in total. The minimum absolute atomic E-state index is 0.00713. The largest absolute Gasteiger partial charge is 0.324 e. The molecule has 3 nitrogen and oxygen atoms in total. The molecule has 0 spiro atoms. The summed E-state index contributed by atoms with van der Waals surface area (Å²) in [5, 5.41) is 6.06. The average Bonchev–Trinajstić information content (AvgIpc) is 2.91. The Balaban J connectivity index is 1.66. The number of para-hydroxylation sites is 1. The highest BCUT2D eigenvalue weighted by Crippen LogP contribution is 2.21. The Morgan fingerprint density at radius 1 is 1.32 bits per heavy atom. The first-order chi connectivity index (χ1) is 9.25. The van der Waals surface area contributed by atoms with Crippen LogP contribution in [0.25, 0.3) is 0 Å². The number of nitrogens with one attached hydrogen (secondary N) is 2. The molecule has 0 aliphatic heterocycles. The fourth-order valence-electron chi connectivity index (χ4n) is 2.17. The molecule has 0 bridgehead atoms. The van der Waals surface area contributed by atoms with Crippen molar-refractivity contribution in [2.75, 3.05) is 18.4 Å². The zero-order valence-electron chi connectivity index (χ0n) is 10.9. The quantitative estimate of drug-likeness (QED) is 0.622. The monoisotopic (exact) mass is 322 g/mol. The number of carbonyl (C=O) groups is 1. The number of amides is 1. The molecule has 1 aliphatic carbocycles. The lowest BCUT2D eigenvalue weighted by Gasteiger charge is -2.08. The summed E-state index contributed by atoms with van der Waals surface area (Å²) in [4.78, 5) is 11.8. The van der Waals surface area contributed by atoms with Gasteiger partial charge in [-0.2, -0.15) is 0 Å². The number of rotatable bonds is 6. The lowest BCUT2D eigenvalue weighted by Crippen LogP contribution is -2.29. The zero-order chi connectivity index (χ0) is 13.5. The number of anilines is 1. The van der Waals surface area contributed by atoms with Gasteiger partial charge >= 0.3 is 0 Å². The second-order valence-corrected chi connectivity index (χ2v) is 5.56. The van der Waals surface area contributed by atoms with E-state index in [1.807, 2.05) is 24.3 Å². The summed E-state index contributed by atoms with van der Waals surface area (Å²) in [5.41, 5.74) is 2.34. The van der Waals surface area contributed by atoms with E-state index in [0.717, 1.165) is 23.1 Å². The second-order valence-electron chi connectivity index (χ2n) is 4.71. The van der Waals surface area contributed by atoms with Crippen LogP contribution in [0.5, 0.6) is 0 Å². The van der Waals surface area contributed by atoms with Gasteiger partial charge in [0.1, 0.15) is 0 Å². The molecule has 0 radical (unpaired) electrons. The van der Waals surface area contributed by atoms with Crippen molar-refractivity contribution in [3.63, 3.8) is 0 Å². The van der Waals surface area contributed by atoms with E-state index in [1.54, 1.807) is 0 Å². The van der Waals surface area contributed by atoms with Crippen LogP contribution in [-0.2, 0) is 4.79 Å². The average molecular weight is 323 g/mol. The summed E-state index contributed by atoms with van der Waals surface area (Å²) in [5.74, 6) is -0.00713. The summed E-state index contributed by atoms with van der Waals surface area (Å²) in [6.45, 7) is 1.23. The SMILES string of the molecule is O=C(CNCCC1=CCCC1)Nc1ccccc1Br. The molecule has 1 amide bonds. The van der Waals surface area contributed by atoms with Crippen molar-refractivity contribution in [3.8, 4) is 0 Å². The lowest BCUT2D eigenvalue weighted by molar-refractivity contribution is -0.115. The number of allylic oxidation sites excluding steroid dienone is 1. The van der Waals surface area contributed by atoms with E-state index < -0.39 is 0 Å². The van der Waals surface area contributed by atoms with Crippen molar-refractivity contribution in [2.45, 2.75) is 25.7 Å². The zero-order valence-corrected chi connectivity index (χ0v) is 12.5. The molecule has 0 fully saturated rings. The molecule has 1 aromatic rings. The Kier molecular flexibility index (Phi) is 5.61. The van der Waals surface area contributed by atoms with Crippen molar-refractivity contribution >= 4 is 27.5 Å². The van der Waals surface area contributed by atoms with E-state index in [9.17, 15) is 4.79 Å². The number of hydrogen-bond acceptors (Lipinski definition) is 2. The van der Waals surface area contributed by atoms with Gasteiger partial charge in [0.15, 0.2) is 0 Å². The van der Waals surface area contributed by atoms with Crippen LogP contribution in [0.2, 0.25) is 0 Å². The molecule has 4 heteroatoms. The minimum atomic E-state index is -0.00713. The third kappa shape index (κ3) is 4.80. The van der Waals surface area contributed by atoms with Gasteiger partial charge in [0, 0.05) is 4.47 Å². The van der Waals surface area contributed by atoms with E-state index in [-0.39, 0.29) is 5.91 Å². The molecule has 1 aliphatic rings. The van der Waals surface area contributed by atoms with Crippen LogP contribution in [0.15, 0.2) is 40.4 Å². The minimum Gasteiger partial charge on any atom is -0.324 e. The van der Waals surface area contributed by atoms with Crippen LogP contribution >= 0.6 is 15.9 Å². The summed E-state index contributed by atoms with van der Waals surface area (Å²) < 4.78 is 0.902. The molecule has 102 valence electrons. The highest BCUT2D eigenvalue weighted by Gasteiger charge is 2.06. The maximum absolute atomic E-state index is 11.8. The Morgan fingerprint density at radius 2 is 2.16 bits per heavy atom. The number of carbonyl (C=O) groups excluding carboxylic acids is 1. The number of hydrogen-bond donors (Lipinski definition) is 2. The molecule has 0 aromatic heterocycles. The van der Waals surface area contributed by atoms with Crippen molar-refractivity contribution in [1.82, 2.24) is 5.32 Å². The van der Waals surface area contributed by atoms with E-state index >= 15 is 0 Å². The van der Waals surface area contributed by atoms with Gasteiger partial charge in [-0.3, -0.25) is 4.79 Å². The number of halogens is 1. The smallest absolute Gasteiger partial charge is 0.238 e. The summed E-state index contributed by atoms with van der Waals surface area (Å²) in [6.07, 6.45) is 7.12. The first-order valence-corrected chi connectivity index (χ1v) is 7.48. The molecule has 2 rings (SSSR count). The van der Waals surface area contributed by atoms with Gasteiger partial charge in [-0.25, -0.2) is 0 Å². The van der Waals surface area contributed by atoms with Crippen LogP contribution in [0.1, 0.15) is 25.7 Å². The van der Waals surface area contributed by atoms with E-state index in [4.69, 9.17) is 0 Å². The topological polar surface area (TPSA) is 41.1 Å². The van der Waals surface area contributed by atoms with E-state index in [2.05, 4.69) is 32.6 Å². The van der Waals surface area contributed by atoms with Gasteiger partial charge in [0.2, 0.25) is 5.91 Å². The fraction of sp³-hybridized carbons (Fsp3) is 0.400. The number of benzene rings is 1. The maximum Gasteiger partial charge on any atom is 0.238 e. The maximum atomic E-state index is 11.8. The Hall–Kier alpha value is -1.13. The third-order valence-corrected chi connectivity index (χ3v) is 3.88. The summed E-state index contributed by atoms with van der Waals surface area (Å²) in [6, 6.07) is 7.62. The van der Waals surface area contributed by atoms with Crippen molar-refractivity contribution in [3.05, 3.63) is 40.4 Å². The van der Waals surface area contributed by atoms with E-state index in [1.165, 1.54) is 24.8 Å². The first kappa shape index (κ1) is 14.3. The first-order valence-electron chi connectivity index (χ1n) is 6.69. The van der Waals surface area contributed by atoms with Crippen LogP contribution < -0.4 is 10.6 Å². The molecule has 0 saturated carbocycles. The fourth-order valence-corrected chi connectivity index (χ4v) is 2.56. The molecule has 0 atom stereocenters. The normalized spacial score (nSPS) is 14.3. The standard InChI is InChI=1S/C15H19BrN2O/c16-13-7-3-4-8-14(13)18-15(19)11-17-10-9-12-5-1-2-6-12/h3-5,7-8,17H,1-2,6,9-11H2,(H,18,19). The van der Waals surface area contributed by atoms with Gasteiger partial charge in [-0.15, -0.1) is 0 Å². The Labute approximate surface area is 122 Å². The van der Waals surface area contributed by atoms with Gasteiger partial charge in [-0.05, 0) is 60.3 Å². The van der Waals surface area contributed by atoms with Gasteiger partial charge in [0.05, 0.1) is 12.2 Å². The summed E-state index contributed by atoms with van der Waals surface area (Å²) in [7, 11) is 0. The van der Waals surface area contributed by atoms with Crippen LogP contribution in [-0.4, -0.2) is 19.0 Å². The van der Waals surface area contributed by atoms with Gasteiger partial charge < -0.3 is 10.6 Å². The van der Waals surface area contributed by atoms with Crippen molar-refractivity contribution in [2.24, 2.45) is 0 Å². The van der Waals surface area contributed by atoms with Crippen LogP contribution in [0, 0.1) is 0 Å². The van der Waals surface area contributed by atoms with Crippen LogP contribution in [0.3, 0.4) is 0 Å². The highest BCUT2D eigenvalue weighted by molar-refractivity contribution is 9.10. The Morgan fingerprint density at radius 3 is 2.89 bits per heavy atom. The van der Waals surface area contributed by atoms with Gasteiger partial charge in [-0.1, -0.05) is 23.8 Å². The van der Waals surface area contributed by atoms with Crippen molar-refractivity contribution < 1.29 is 4.79 Å². The lowest BCUT2D eigenvalue weighted by atomic mass is 10.2. The molecule has 1 aromatic carbocycles. The molecule has 0 saturated heterocycles. The van der Waals surface area contributed by atoms with Crippen molar-refractivity contribution in [1.29, 1.82) is 0 Å². The Bertz CT molecular complexity index is 471. The third-order valence-electron chi connectivity index (χ3n) is 3.19. The second kappa shape index (κ2) is 7.46. The highest BCUT2D eigenvalue weighted by atomic mass is 79.9. The summed E-state index contributed by atoms with van der Waals surface area (Å²) >= 11 is 3.41. The van der Waals surface area contributed by atoms with Gasteiger partial charge in [0.25, 0.3) is 0 Å². The predicted molar refractivity (Wildman–Crippen MR) is 82.2 cm³/mol. The molecular formula is C15H19BrN2O. The predicted octanol–water partition coefficient (Wildman–Crippen LogP) is 3.48. The molecular weight excluding hydrogens is 304 g/mol. The molecule has 0 heterocycles. The molecule has 0 unspecified atom stereocenters. The van der Waals surface area contributed by atoms with E-state index in [0.29, 0.717) is 6.54 Å².